The van der Waals surface area contributed by atoms with Crippen LogP contribution in [0.4, 0.5) is 4.39 Å². The highest BCUT2D eigenvalue weighted by molar-refractivity contribution is 5.23. The Morgan fingerprint density at radius 1 is 1.35 bits per heavy atom. The van der Waals surface area contributed by atoms with Crippen molar-refractivity contribution in [1.82, 2.24) is 5.32 Å². The van der Waals surface area contributed by atoms with Gasteiger partial charge in [-0.05, 0) is 38.2 Å². The molecule has 0 aromatic heterocycles. The van der Waals surface area contributed by atoms with Crippen molar-refractivity contribution in [3.63, 3.8) is 0 Å². The summed E-state index contributed by atoms with van der Waals surface area (Å²) < 4.78 is 24.1. The van der Waals surface area contributed by atoms with Crippen LogP contribution in [-0.2, 0) is 4.74 Å². The Labute approximate surface area is 101 Å². The Bertz CT molecular complexity index is 355. The number of benzene rings is 1. The van der Waals surface area contributed by atoms with Gasteiger partial charge in [0.25, 0.3) is 0 Å². The van der Waals surface area contributed by atoms with Crippen molar-refractivity contribution in [1.29, 1.82) is 0 Å². The lowest BCUT2D eigenvalue weighted by Crippen LogP contribution is -2.60. The van der Waals surface area contributed by atoms with Crippen LogP contribution in [0.15, 0.2) is 24.3 Å². The summed E-state index contributed by atoms with van der Waals surface area (Å²) in [5.41, 5.74) is 0. The fourth-order valence-corrected chi connectivity index (χ4v) is 2.08. The summed E-state index contributed by atoms with van der Waals surface area (Å²) in [6, 6.07) is 6.44. The van der Waals surface area contributed by atoms with Crippen molar-refractivity contribution in [2.75, 3.05) is 13.7 Å². The minimum Gasteiger partial charge on any atom is -0.488 e. The molecule has 1 aliphatic carbocycles. The quantitative estimate of drug-likeness (QED) is 0.852. The molecule has 1 aromatic carbocycles. The maximum atomic E-state index is 12.7. The largest absolute Gasteiger partial charge is 0.488 e. The average molecular weight is 239 g/mol. The zero-order chi connectivity index (χ0) is 12.3. The monoisotopic (exact) mass is 239 g/mol. The lowest BCUT2D eigenvalue weighted by molar-refractivity contribution is -0.103. The van der Waals surface area contributed by atoms with Gasteiger partial charge in [-0.15, -0.1) is 0 Å². The van der Waals surface area contributed by atoms with Crippen LogP contribution in [0.3, 0.4) is 0 Å². The van der Waals surface area contributed by atoms with E-state index in [1.807, 2.05) is 14.0 Å². The van der Waals surface area contributed by atoms with Crippen molar-refractivity contribution in [2.45, 2.75) is 31.6 Å². The molecule has 4 heteroatoms. The predicted octanol–water partition coefficient (Wildman–Crippen LogP) is 1.97. The third-order valence-corrected chi connectivity index (χ3v) is 3.08. The van der Waals surface area contributed by atoms with Crippen molar-refractivity contribution < 1.29 is 13.9 Å². The Kier molecular flexibility index (Phi) is 3.97. The zero-order valence-corrected chi connectivity index (χ0v) is 10.2. The number of likely N-dealkylation sites (N-methyl/N-ethyl adjacent to an activating group) is 1. The van der Waals surface area contributed by atoms with Gasteiger partial charge in [0.2, 0.25) is 0 Å². The Morgan fingerprint density at radius 3 is 2.65 bits per heavy atom. The van der Waals surface area contributed by atoms with E-state index < -0.39 is 0 Å². The fourth-order valence-electron chi connectivity index (χ4n) is 2.08. The highest BCUT2D eigenvalue weighted by Crippen LogP contribution is 2.29. The van der Waals surface area contributed by atoms with Crippen LogP contribution < -0.4 is 10.1 Å². The molecule has 0 aliphatic heterocycles. The van der Waals surface area contributed by atoms with E-state index in [1.54, 1.807) is 12.1 Å². The summed E-state index contributed by atoms with van der Waals surface area (Å²) in [7, 11) is 1.92. The summed E-state index contributed by atoms with van der Waals surface area (Å²) in [6.45, 7) is 2.64. The topological polar surface area (TPSA) is 30.5 Å². The highest BCUT2D eigenvalue weighted by Gasteiger charge is 2.42. The van der Waals surface area contributed by atoms with Crippen LogP contribution in [0, 0.1) is 5.82 Å². The Morgan fingerprint density at radius 2 is 2.06 bits per heavy atom. The molecule has 0 heterocycles. The number of ether oxygens (including phenoxy) is 2. The van der Waals surface area contributed by atoms with Crippen LogP contribution in [-0.4, -0.2) is 31.9 Å². The van der Waals surface area contributed by atoms with Crippen molar-refractivity contribution in [3.05, 3.63) is 30.1 Å². The van der Waals surface area contributed by atoms with Crippen LogP contribution in [0.2, 0.25) is 0 Å². The molecule has 3 unspecified atom stereocenters. The first-order chi connectivity index (χ1) is 8.24. The predicted molar refractivity (Wildman–Crippen MR) is 63.7 cm³/mol. The molecule has 0 saturated heterocycles. The standard InChI is InChI=1S/C13H18FNO2/c1-3-16-13-11(15-2)8-12(13)17-10-6-4-9(14)5-7-10/h4-7,11-13,15H,3,8H2,1-2H3. The highest BCUT2D eigenvalue weighted by atomic mass is 19.1. The van der Waals surface area contributed by atoms with E-state index in [-0.39, 0.29) is 18.0 Å². The van der Waals surface area contributed by atoms with Crippen molar-refractivity contribution in [3.8, 4) is 5.75 Å². The van der Waals surface area contributed by atoms with E-state index >= 15 is 0 Å². The summed E-state index contributed by atoms with van der Waals surface area (Å²) in [4.78, 5) is 0. The van der Waals surface area contributed by atoms with Crippen LogP contribution in [0.5, 0.6) is 5.75 Å². The van der Waals surface area contributed by atoms with Gasteiger partial charge in [0.15, 0.2) is 0 Å². The molecule has 3 nitrogen and oxygen atoms in total. The molecule has 1 saturated carbocycles. The zero-order valence-electron chi connectivity index (χ0n) is 10.2. The number of nitrogens with one attached hydrogen (secondary N) is 1. The molecule has 94 valence electrons. The van der Waals surface area contributed by atoms with Gasteiger partial charge in [-0.1, -0.05) is 0 Å². The lowest BCUT2D eigenvalue weighted by Gasteiger charge is -2.43. The summed E-state index contributed by atoms with van der Waals surface area (Å²) in [6.07, 6.45) is 1.05. The number of hydrogen-bond acceptors (Lipinski definition) is 3. The molecule has 1 N–H and O–H groups in total. The second kappa shape index (κ2) is 5.47. The molecule has 1 aromatic rings. The van der Waals surface area contributed by atoms with Crippen LogP contribution >= 0.6 is 0 Å². The molecule has 0 spiro atoms. The fraction of sp³-hybridized carbons (Fsp3) is 0.538. The van der Waals surface area contributed by atoms with Gasteiger partial charge in [0, 0.05) is 19.1 Å². The van der Waals surface area contributed by atoms with Gasteiger partial charge < -0.3 is 14.8 Å². The van der Waals surface area contributed by atoms with Gasteiger partial charge >= 0.3 is 0 Å². The first kappa shape index (κ1) is 12.3. The van der Waals surface area contributed by atoms with Gasteiger partial charge in [-0.25, -0.2) is 4.39 Å². The van der Waals surface area contributed by atoms with Crippen molar-refractivity contribution in [2.24, 2.45) is 0 Å². The molecule has 1 fully saturated rings. The van der Waals surface area contributed by atoms with E-state index in [0.717, 1.165) is 6.42 Å². The van der Waals surface area contributed by atoms with Crippen LogP contribution in [0.1, 0.15) is 13.3 Å². The van der Waals surface area contributed by atoms with E-state index in [1.165, 1.54) is 12.1 Å². The smallest absolute Gasteiger partial charge is 0.128 e. The maximum absolute atomic E-state index is 12.7. The first-order valence-corrected chi connectivity index (χ1v) is 5.95. The molecular formula is C13H18FNO2. The summed E-state index contributed by atoms with van der Waals surface area (Å²) >= 11 is 0. The lowest BCUT2D eigenvalue weighted by atomic mass is 9.85. The Hall–Kier alpha value is -1.13. The average Bonchev–Trinajstić information content (AvgIpc) is 2.33. The normalized spacial score (nSPS) is 27.6. The molecule has 17 heavy (non-hydrogen) atoms. The summed E-state index contributed by atoms with van der Waals surface area (Å²) in [5.74, 6) is 0.441. The minimum absolute atomic E-state index is 0.0536. The molecule has 0 amide bonds. The van der Waals surface area contributed by atoms with Crippen molar-refractivity contribution >= 4 is 0 Å². The molecular weight excluding hydrogens is 221 g/mol. The van der Waals surface area contributed by atoms with Gasteiger partial charge in [0.1, 0.15) is 23.8 Å². The number of hydrogen-bond donors (Lipinski definition) is 1. The number of rotatable bonds is 5. The van der Waals surface area contributed by atoms with Crippen LogP contribution in [0.25, 0.3) is 0 Å². The third-order valence-electron chi connectivity index (χ3n) is 3.08. The SMILES string of the molecule is CCOC1C(NC)CC1Oc1ccc(F)cc1. The van der Waals surface area contributed by atoms with E-state index in [9.17, 15) is 4.39 Å². The van der Waals surface area contributed by atoms with E-state index in [4.69, 9.17) is 9.47 Å². The molecule has 0 bridgehead atoms. The van der Waals surface area contributed by atoms with Gasteiger partial charge in [-0.2, -0.15) is 0 Å². The minimum atomic E-state index is -0.250. The molecule has 3 atom stereocenters. The maximum Gasteiger partial charge on any atom is 0.128 e. The van der Waals surface area contributed by atoms with Gasteiger partial charge in [0.05, 0.1) is 0 Å². The molecule has 0 radical (unpaired) electrons. The second-order valence-electron chi connectivity index (χ2n) is 4.16. The van der Waals surface area contributed by atoms with Gasteiger partial charge in [-0.3, -0.25) is 0 Å². The van der Waals surface area contributed by atoms with E-state index in [0.29, 0.717) is 18.4 Å². The number of halogens is 1. The third kappa shape index (κ3) is 2.76. The second-order valence-corrected chi connectivity index (χ2v) is 4.16. The Balaban J connectivity index is 1.93. The molecule has 1 aliphatic rings. The first-order valence-electron chi connectivity index (χ1n) is 5.95. The van der Waals surface area contributed by atoms with E-state index in [2.05, 4.69) is 5.32 Å². The summed E-state index contributed by atoms with van der Waals surface area (Å²) in [5, 5.41) is 3.20. The molecule has 2 rings (SSSR count).